The van der Waals surface area contributed by atoms with Gasteiger partial charge in [0.05, 0.1) is 10.6 Å². The molecule has 1 N–H and O–H groups in total. The zero-order chi connectivity index (χ0) is 25.0. The first kappa shape index (κ1) is 25.4. The first-order valence-electron chi connectivity index (χ1n) is 12.0. The van der Waals surface area contributed by atoms with Crippen molar-refractivity contribution in [1.82, 2.24) is 9.88 Å². The average Bonchev–Trinajstić information content (AvgIpc) is 2.84. The third-order valence-electron chi connectivity index (χ3n) is 6.69. The fourth-order valence-corrected chi connectivity index (χ4v) is 5.44. The van der Waals surface area contributed by atoms with Crippen LogP contribution in [0.4, 0.5) is 11.5 Å². The molecule has 0 aliphatic carbocycles. The molecule has 8 nitrogen and oxygen atoms in total. The average molecular weight is 519 g/mol. The Morgan fingerprint density at radius 1 is 1.09 bits per heavy atom. The van der Waals surface area contributed by atoms with Gasteiger partial charge < -0.3 is 15.1 Å². The topological polar surface area (TPSA) is 99.7 Å². The van der Waals surface area contributed by atoms with E-state index in [2.05, 4.69) is 10.3 Å². The van der Waals surface area contributed by atoms with Gasteiger partial charge in [-0.1, -0.05) is 17.7 Å². The zero-order valence-electron chi connectivity index (χ0n) is 19.9. The van der Waals surface area contributed by atoms with Crippen LogP contribution in [0, 0.1) is 5.92 Å². The van der Waals surface area contributed by atoms with Crippen molar-refractivity contribution >= 4 is 44.8 Å². The van der Waals surface area contributed by atoms with Crippen molar-refractivity contribution in [3.8, 4) is 0 Å². The van der Waals surface area contributed by atoms with E-state index in [1.54, 1.807) is 24.3 Å². The molecule has 35 heavy (non-hydrogen) atoms. The van der Waals surface area contributed by atoms with E-state index < -0.39 is 15.7 Å². The summed E-state index contributed by atoms with van der Waals surface area (Å²) in [7, 11) is -3.51. The van der Waals surface area contributed by atoms with Gasteiger partial charge in [-0.25, -0.2) is 13.4 Å². The van der Waals surface area contributed by atoms with Gasteiger partial charge >= 0.3 is 0 Å². The summed E-state index contributed by atoms with van der Waals surface area (Å²) in [6.07, 6.45) is 8.03. The van der Waals surface area contributed by atoms with Crippen LogP contribution in [0.15, 0.2) is 41.4 Å². The maximum absolute atomic E-state index is 12.9. The molecule has 0 unspecified atom stereocenters. The second-order valence-electron chi connectivity index (χ2n) is 9.35. The number of nitrogens with zero attached hydrogens (tertiary/aromatic N) is 3. The molecule has 0 saturated carbocycles. The van der Waals surface area contributed by atoms with E-state index in [0.717, 1.165) is 45.0 Å². The number of amides is 2. The number of likely N-dealkylation sites (tertiary alicyclic amines) is 1. The molecule has 0 spiro atoms. The van der Waals surface area contributed by atoms with Crippen LogP contribution in [0.5, 0.6) is 0 Å². The molecule has 2 aliphatic heterocycles. The molecule has 1 aromatic carbocycles. The first-order chi connectivity index (χ1) is 16.7. The quantitative estimate of drug-likeness (QED) is 0.620. The SMILES string of the molecule is CS(=O)(=O)c1cnc(N2CCC(CC(=O)N3CCCCC3)CC2)c(NC(=O)c2cccc(Cl)c2)c1. The van der Waals surface area contributed by atoms with Crippen LogP contribution in [0.2, 0.25) is 5.02 Å². The molecule has 2 fully saturated rings. The fraction of sp³-hybridized carbons (Fsp3) is 0.480. The number of hydrogen-bond donors (Lipinski definition) is 1. The first-order valence-corrected chi connectivity index (χ1v) is 14.3. The second-order valence-corrected chi connectivity index (χ2v) is 11.8. The van der Waals surface area contributed by atoms with E-state index in [1.807, 2.05) is 9.80 Å². The molecule has 3 heterocycles. The van der Waals surface area contributed by atoms with Gasteiger partial charge in [0.25, 0.3) is 5.91 Å². The van der Waals surface area contributed by atoms with Gasteiger partial charge in [-0.2, -0.15) is 0 Å². The lowest BCUT2D eigenvalue weighted by Gasteiger charge is -2.35. The van der Waals surface area contributed by atoms with Crippen LogP contribution in [0.3, 0.4) is 0 Å². The van der Waals surface area contributed by atoms with Crippen LogP contribution in [-0.4, -0.2) is 62.6 Å². The highest BCUT2D eigenvalue weighted by molar-refractivity contribution is 7.90. The predicted molar refractivity (Wildman–Crippen MR) is 137 cm³/mol. The summed E-state index contributed by atoms with van der Waals surface area (Å²) in [6, 6.07) is 8.00. The number of aromatic nitrogens is 1. The highest BCUT2D eigenvalue weighted by atomic mass is 35.5. The smallest absolute Gasteiger partial charge is 0.255 e. The van der Waals surface area contributed by atoms with Crippen LogP contribution >= 0.6 is 11.6 Å². The molecular formula is C25H31ClN4O4S. The van der Waals surface area contributed by atoms with Gasteiger partial charge in [0.15, 0.2) is 15.7 Å². The summed E-state index contributed by atoms with van der Waals surface area (Å²) in [5, 5.41) is 3.26. The Bertz CT molecular complexity index is 1190. The highest BCUT2D eigenvalue weighted by Gasteiger charge is 2.27. The van der Waals surface area contributed by atoms with E-state index in [-0.39, 0.29) is 10.8 Å². The lowest BCUT2D eigenvalue weighted by molar-refractivity contribution is -0.133. The second kappa shape index (κ2) is 11.0. The number of sulfone groups is 1. The van der Waals surface area contributed by atoms with Gasteiger partial charge in [0.1, 0.15) is 0 Å². The Hall–Kier alpha value is -2.65. The molecule has 10 heteroatoms. The highest BCUT2D eigenvalue weighted by Crippen LogP contribution is 2.31. The molecule has 188 valence electrons. The van der Waals surface area contributed by atoms with E-state index in [1.165, 1.54) is 18.7 Å². The van der Waals surface area contributed by atoms with Crippen molar-refractivity contribution in [2.75, 3.05) is 42.7 Å². The minimum absolute atomic E-state index is 0.0321. The number of pyridine rings is 1. The van der Waals surface area contributed by atoms with E-state index >= 15 is 0 Å². The maximum Gasteiger partial charge on any atom is 0.255 e. The van der Waals surface area contributed by atoms with Crippen molar-refractivity contribution in [3.05, 3.63) is 47.1 Å². The Morgan fingerprint density at radius 3 is 2.46 bits per heavy atom. The molecule has 2 amide bonds. The standard InChI is InChI=1S/C25H31ClN4O4S/c1-35(33,34)21-16-22(28-25(32)19-6-5-7-20(26)15-19)24(27-17-21)30-12-8-18(9-13-30)14-23(31)29-10-3-2-4-11-29/h5-7,15-18H,2-4,8-14H2,1H3,(H,28,32). The number of anilines is 2. The molecule has 2 aliphatic rings. The number of halogens is 1. The minimum atomic E-state index is -3.51. The summed E-state index contributed by atoms with van der Waals surface area (Å²) in [6.45, 7) is 3.07. The Kier molecular flexibility index (Phi) is 7.96. The molecule has 0 radical (unpaired) electrons. The van der Waals surface area contributed by atoms with E-state index in [0.29, 0.717) is 47.5 Å². The zero-order valence-corrected chi connectivity index (χ0v) is 21.4. The monoisotopic (exact) mass is 518 g/mol. The fourth-order valence-electron chi connectivity index (χ4n) is 4.68. The predicted octanol–water partition coefficient (Wildman–Crippen LogP) is 4.01. The van der Waals surface area contributed by atoms with Gasteiger partial charge in [0, 0.05) is 55.6 Å². The molecule has 0 atom stereocenters. The van der Waals surface area contributed by atoms with Gasteiger partial charge in [-0.05, 0) is 62.3 Å². The normalized spacial score (nSPS) is 17.3. The lowest BCUT2D eigenvalue weighted by atomic mass is 9.92. The van der Waals surface area contributed by atoms with Crippen molar-refractivity contribution in [2.45, 2.75) is 43.4 Å². The number of carbonyl (C=O) groups is 2. The Morgan fingerprint density at radius 2 is 1.80 bits per heavy atom. The van der Waals surface area contributed by atoms with Gasteiger partial charge in [-0.3, -0.25) is 9.59 Å². The Balaban J connectivity index is 1.47. The number of piperidine rings is 2. The van der Waals surface area contributed by atoms with Gasteiger partial charge in [0.2, 0.25) is 5.91 Å². The lowest BCUT2D eigenvalue weighted by Crippen LogP contribution is -2.39. The summed E-state index contributed by atoms with van der Waals surface area (Å²) in [5.41, 5.74) is 0.698. The maximum atomic E-state index is 12.9. The summed E-state index contributed by atoms with van der Waals surface area (Å²) < 4.78 is 24.3. The third kappa shape index (κ3) is 6.52. The third-order valence-corrected chi connectivity index (χ3v) is 8.01. The minimum Gasteiger partial charge on any atom is -0.355 e. The summed E-state index contributed by atoms with van der Waals surface area (Å²) in [5.74, 6) is 0.672. The molecule has 2 aromatic rings. The van der Waals surface area contributed by atoms with E-state index in [4.69, 9.17) is 11.6 Å². The largest absolute Gasteiger partial charge is 0.355 e. The van der Waals surface area contributed by atoms with Crippen LogP contribution < -0.4 is 10.2 Å². The number of benzene rings is 1. The number of hydrogen-bond acceptors (Lipinski definition) is 6. The van der Waals surface area contributed by atoms with Crippen molar-refractivity contribution in [2.24, 2.45) is 5.92 Å². The van der Waals surface area contributed by atoms with Crippen molar-refractivity contribution < 1.29 is 18.0 Å². The number of rotatable bonds is 6. The van der Waals surface area contributed by atoms with Crippen LogP contribution in [0.1, 0.15) is 48.9 Å². The van der Waals surface area contributed by atoms with Crippen molar-refractivity contribution in [3.63, 3.8) is 0 Å². The van der Waals surface area contributed by atoms with Crippen LogP contribution in [0.25, 0.3) is 0 Å². The molecule has 1 aromatic heterocycles. The molecule has 0 bridgehead atoms. The summed E-state index contributed by atoms with van der Waals surface area (Å²) in [4.78, 5) is 34.0. The van der Waals surface area contributed by atoms with E-state index in [9.17, 15) is 18.0 Å². The van der Waals surface area contributed by atoms with Crippen LogP contribution in [-0.2, 0) is 14.6 Å². The van der Waals surface area contributed by atoms with Gasteiger partial charge in [-0.15, -0.1) is 0 Å². The molecule has 4 rings (SSSR count). The molecular weight excluding hydrogens is 488 g/mol. The Labute approximate surface area is 211 Å². The number of carbonyl (C=O) groups excluding carboxylic acids is 2. The van der Waals surface area contributed by atoms with Crippen molar-refractivity contribution in [1.29, 1.82) is 0 Å². The molecule has 2 saturated heterocycles. The summed E-state index contributed by atoms with van der Waals surface area (Å²) >= 11 is 6.02. The number of nitrogens with one attached hydrogen (secondary N) is 1.